The molecule has 0 unspecified atom stereocenters. The second-order valence-corrected chi connectivity index (χ2v) is 3.51. The molecule has 73 valence electrons. The number of rotatable bonds is 4. The van der Waals surface area contributed by atoms with Gasteiger partial charge in [0, 0.05) is 20.0 Å². The number of nitrogens with zero attached hydrogens (tertiary/aromatic N) is 2. The van der Waals surface area contributed by atoms with E-state index in [0.29, 0.717) is 24.7 Å². The standard InChI is InChI=1S/C9H15N2O2/c1-5-12-9(3,4)6-8-10-7(2)13-11-8/h1,5-6H2,2-4H3. The fourth-order valence-electron chi connectivity index (χ4n) is 1.12. The smallest absolute Gasteiger partial charge is 0.223 e. The quantitative estimate of drug-likeness (QED) is 0.710. The minimum absolute atomic E-state index is 0.280. The van der Waals surface area contributed by atoms with E-state index in [1.54, 1.807) is 6.92 Å². The van der Waals surface area contributed by atoms with Crippen molar-refractivity contribution in [1.29, 1.82) is 0 Å². The highest BCUT2D eigenvalue weighted by Gasteiger charge is 2.21. The Balaban J connectivity index is 2.57. The Kier molecular flexibility index (Phi) is 3.03. The van der Waals surface area contributed by atoms with Crippen LogP contribution in [-0.4, -0.2) is 22.3 Å². The lowest BCUT2D eigenvalue weighted by Gasteiger charge is -2.22. The summed E-state index contributed by atoms with van der Waals surface area (Å²) in [4.78, 5) is 4.10. The molecule has 1 radical (unpaired) electrons. The number of hydrogen-bond acceptors (Lipinski definition) is 4. The van der Waals surface area contributed by atoms with Crippen molar-refractivity contribution in [2.75, 3.05) is 6.61 Å². The zero-order chi connectivity index (χ0) is 9.90. The van der Waals surface area contributed by atoms with E-state index >= 15 is 0 Å². The van der Waals surface area contributed by atoms with Gasteiger partial charge in [0.1, 0.15) is 0 Å². The molecule has 1 heterocycles. The first-order valence-electron chi connectivity index (χ1n) is 4.26. The first-order chi connectivity index (χ1) is 6.03. The Labute approximate surface area is 78.3 Å². The van der Waals surface area contributed by atoms with Crippen molar-refractivity contribution in [2.24, 2.45) is 0 Å². The Morgan fingerprint density at radius 3 is 2.69 bits per heavy atom. The maximum atomic E-state index is 5.41. The van der Waals surface area contributed by atoms with E-state index in [0.717, 1.165) is 0 Å². The van der Waals surface area contributed by atoms with Gasteiger partial charge in [0.2, 0.25) is 5.89 Å². The van der Waals surface area contributed by atoms with Gasteiger partial charge in [-0.1, -0.05) is 5.16 Å². The molecule has 0 aliphatic carbocycles. The molecule has 13 heavy (non-hydrogen) atoms. The minimum atomic E-state index is -0.280. The van der Waals surface area contributed by atoms with Gasteiger partial charge < -0.3 is 9.26 Å². The molecule has 1 rings (SSSR count). The van der Waals surface area contributed by atoms with E-state index < -0.39 is 0 Å². The molecule has 1 aromatic rings. The van der Waals surface area contributed by atoms with Gasteiger partial charge in [-0.25, -0.2) is 0 Å². The van der Waals surface area contributed by atoms with E-state index in [-0.39, 0.29) is 5.60 Å². The van der Waals surface area contributed by atoms with Crippen molar-refractivity contribution in [3.05, 3.63) is 18.6 Å². The summed E-state index contributed by atoms with van der Waals surface area (Å²) in [6.45, 7) is 9.80. The molecule has 0 fully saturated rings. The summed E-state index contributed by atoms with van der Waals surface area (Å²) in [7, 11) is 0. The first-order valence-corrected chi connectivity index (χ1v) is 4.26. The third-order valence-corrected chi connectivity index (χ3v) is 1.65. The minimum Gasteiger partial charge on any atom is -0.375 e. The largest absolute Gasteiger partial charge is 0.375 e. The fraction of sp³-hybridized carbons (Fsp3) is 0.667. The van der Waals surface area contributed by atoms with Crippen LogP contribution in [0, 0.1) is 13.8 Å². The van der Waals surface area contributed by atoms with Gasteiger partial charge in [0.25, 0.3) is 0 Å². The van der Waals surface area contributed by atoms with Gasteiger partial charge in [0.05, 0.1) is 5.60 Å². The molecule has 0 aromatic carbocycles. The van der Waals surface area contributed by atoms with E-state index in [9.17, 15) is 0 Å². The normalized spacial score (nSPS) is 12.0. The predicted molar refractivity (Wildman–Crippen MR) is 48.1 cm³/mol. The van der Waals surface area contributed by atoms with Gasteiger partial charge >= 0.3 is 0 Å². The van der Waals surface area contributed by atoms with Crippen LogP contribution in [0.25, 0.3) is 0 Å². The van der Waals surface area contributed by atoms with E-state index in [2.05, 4.69) is 17.1 Å². The fourth-order valence-corrected chi connectivity index (χ4v) is 1.12. The van der Waals surface area contributed by atoms with Crippen LogP contribution in [0.2, 0.25) is 0 Å². The van der Waals surface area contributed by atoms with Crippen molar-refractivity contribution < 1.29 is 9.26 Å². The van der Waals surface area contributed by atoms with Crippen molar-refractivity contribution in [1.82, 2.24) is 10.1 Å². The molecule has 4 heteroatoms. The summed E-state index contributed by atoms with van der Waals surface area (Å²) in [5, 5.41) is 3.80. The topological polar surface area (TPSA) is 48.2 Å². The number of hydrogen-bond donors (Lipinski definition) is 0. The third kappa shape index (κ3) is 3.14. The van der Waals surface area contributed by atoms with Crippen LogP contribution in [0.15, 0.2) is 4.52 Å². The van der Waals surface area contributed by atoms with Crippen molar-refractivity contribution in [2.45, 2.75) is 32.8 Å². The molecule has 1 aromatic heterocycles. The molecular formula is C9H15N2O2. The summed E-state index contributed by atoms with van der Waals surface area (Å²) < 4.78 is 10.3. The van der Waals surface area contributed by atoms with Crippen LogP contribution in [-0.2, 0) is 11.2 Å². The highest BCUT2D eigenvalue weighted by atomic mass is 16.5. The van der Waals surface area contributed by atoms with Crippen LogP contribution in [0.1, 0.15) is 25.6 Å². The maximum absolute atomic E-state index is 5.41. The lowest BCUT2D eigenvalue weighted by atomic mass is 10.1. The van der Waals surface area contributed by atoms with Gasteiger partial charge in [-0.2, -0.15) is 4.98 Å². The molecule has 0 N–H and O–H groups in total. The average molecular weight is 183 g/mol. The highest BCUT2D eigenvalue weighted by Crippen LogP contribution is 2.14. The number of ether oxygens (including phenoxy) is 1. The molecular weight excluding hydrogens is 168 g/mol. The summed E-state index contributed by atoms with van der Waals surface area (Å²) in [6, 6.07) is 0. The van der Waals surface area contributed by atoms with E-state index in [1.165, 1.54) is 0 Å². The average Bonchev–Trinajstić information content (AvgIpc) is 2.34. The summed E-state index contributed by atoms with van der Waals surface area (Å²) >= 11 is 0. The van der Waals surface area contributed by atoms with Crippen LogP contribution in [0.3, 0.4) is 0 Å². The Hall–Kier alpha value is -0.900. The summed E-state index contributed by atoms with van der Waals surface area (Å²) in [5.41, 5.74) is -0.280. The highest BCUT2D eigenvalue weighted by molar-refractivity contribution is 4.90. The zero-order valence-electron chi connectivity index (χ0n) is 8.33. The molecule has 0 saturated carbocycles. The van der Waals surface area contributed by atoms with Gasteiger partial charge in [-0.05, 0) is 20.8 Å². The van der Waals surface area contributed by atoms with Crippen LogP contribution in [0.4, 0.5) is 0 Å². The molecule has 0 aliphatic rings. The van der Waals surface area contributed by atoms with Gasteiger partial charge in [-0.15, -0.1) is 0 Å². The van der Waals surface area contributed by atoms with E-state index in [4.69, 9.17) is 9.26 Å². The van der Waals surface area contributed by atoms with Crippen molar-refractivity contribution in [3.8, 4) is 0 Å². The van der Waals surface area contributed by atoms with Crippen LogP contribution >= 0.6 is 0 Å². The Morgan fingerprint density at radius 2 is 2.23 bits per heavy atom. The lowest BCUT2D eigenvalue weighted by molar-refractivity contribution is -0.00291. The van der Waals surface area contributed by atoms with Crippen molar-refractivity contribution in [3.63, 3.8) is 0 Å². The Bertz CT molecular complexity index is 268. The van der Waals surface area contributed by atoms with E-state index in [1.807, 2.05) is 13.8 Å². The van der Waals surface area contributed by atoms with Gasteiger partial charge in [0.15, 0.2) is 5.82 Å². The second kappa shape index (κ2) is 3.87. The zero-order valence-corrected chi connectivity index (χ0v) is 8.33. The number of aryl methyl sites for hydroxylation is 1. The van der Waals surface area contributed by atoms with Crippen LogP contribution in [0.5, 0.6) is 0 Å². The third-order valence-electron chi connectivity index (χ3n) is 1.65. The summed E-state index contributed by atoms with van der Waals surface area (Å²) in [6.07, 6.45) is 0.639. The van der Waals surface area contributed by atoms with Gasteiger partial charge in [-0.3, -0.25) is 0 Å². The lowest BCUT2D eigenvalue weighted by Crippen LogP contribution is -2.27. The molecule has 0 spiro atoms. The molecule has 4 nitrogen and oxygen atoms in total. The Morgan fingerprint density at radius 1 is 1.54 bits per heavy atom. The first kappa shape index (κ1) is 10.2. The van der Waals surface area contributed by atoms with Crippen molar-refractivity contribution >= 4 is 0 Å². The maximum Gasteiger partial charge on any atom is 0.223 e. The number of aromatic nitrogens is 2. The molecule has 0 aliphatic heterocycles. The van der Waals surface area contributed by atoms with Crippen LogP contribution < -0.4 is 0 Å². The molecule has 0 saturated heterocycles. The molecule has 0 bridgehead atoms. The second-order valence-electron chi connectivity index (χ2n) is 3.51. The molecule has 0 atom stereocenters. The monoisotopic (exact) mass is 183 g/mol. The predicted octanol–water partition coefficient (Wildman–Crippen LogP) is 1.55. The summed E-state index contributed by atoms with van der Waals surface area (Å²) in [5.74, 6) is 1.26. The molecule has 0 amide bonds. The SMILES string of the molecule is [CH2]COC(C)(C)Cc1noc(C)n1.